The summed E-state index contributed by atoms with van der Waals surface area (Å²) in [5.41, 5.74) is 0. The first-order valence-electron chi connectivity index (χ1n) is 3.82. The average Bonchev–Trinajstić information content (AvgIpc) is 2.41. The Morgan fingerprint density at radius 3 is 2.70 bits per heavy atom. The second-order valence-corrected chi connectivity index (χ2v) is 2.64. The summed E-state index contributed by atoms with van der Waals surface area (Å²) in [6.45, 7) is 3.49. The molecular formula is C7H14N2O. The largest absolute Gasteiger partial charge is 0.411 e. The van der Waals surface area contributed by atoms with Crippen molar-refractivity contribution in [3.63, 3.8) is 0 Å². The highest BCUT2D eigenvalue weighted by atomic mass is 16.4. The van der Waals surface area contributed by atoms with E-state index in [1.807, 2.05) is 0 Å². The van der Waals surface area contributed by atoms with Crippen LogP contribution in [0.15, 0.2) is 5.16 Å². The Balaban J connectivity index is 2.01. The molecular weight excluding hydrogens is 128 g/mol. The summed E-state index contributed by atoms with van der Waals surface area (Å²) in [5.74, 6) is 0. The molecule has 1 aliphatic heterocycles. The standard InChI is InChI=1S/C7H14N2O/c10-8-4-3-7-9-5-1-2-6-9/h4,10H,1-3,5-7H2/b8-4+. The molecule has 0 aromatic carbocycles. The summed E-state index contributed by atoms with van der Waals surface area (Å²) in [6, 6.07) is 0. The lowest BCUT2D eigenvalue weighted by Crippen LogP contribution is -2.20. The zero-order chi connectivity index (χ0) is 7.23. The minimum atomic E-state index is 0.872. The van der Waals surface area contributed by atoms with Gasteiger partial charge in [0.25, 0.3) is 0 Å². The van der Waals surface area contributed by atoms with Crippen molar-refractivity contribution in [1.82, 2.24) is 4.90 Å². The second kappa shape index (κ2) is 4.28. The van der Waals surface area contributed by atoms with Gasteiger partial charge in [0.1, 0.15) is 0 Å². The van der Waals surface area contributed by atoms with E-state index in [-0.39, 0.29) is 0 Å². The lowest BCUT2D eigenvalue weighted by molar-refractivity contribution is 0.316. The Morgan fingerprint density at radius 1 is 1.40 bits per heavy atom. The van der Waals surface area contributed by atoms with Crippen molar-refractivity contribution in [2.75, 3.05) is 19.6 Å². The predicted molar refractivity (Wildman–Crippen MR) is 40.6 cm³/mol. The van der Waals surface area contributed by atoms with E-state index < -0.39 is 0 Å². The van der Waals surface area contributed by atoms with Gasteiger partial charge in [0.2, 0.25) is 0 Å². The van der Waals surface area contributed by atoms with E-state index in [0.717, 1.165) is 13.0 Å². The molecule has 0 aliphatic carbocycles. The third kappa shape index (κ3) is 2.35. The van der Waals surface area contributed by atoms with Crippen molar-refractivity contribution in [2.45, 2.75) is 19.3 Å². The molecule has 0 atom stereocenters. The first-order chi connectivity index (χ1) is 4.93. The highest BCUT2D eigenvalue weighted by Gasteiger charge is 2.09. The Labute approximate surface area is 61.3 Å². The van der Waals surface area contributed by atoms with Gasteiger partial charge in [-0.25, -0.2) is 0 Å². The lowest BCUT2D eigenvalue weighted by Gasteiger charge is -2.11. The van der Waals surface area contributed by atoms with Crippen LogP contribution in [0.2, 0.25) is 0 Å². The van der Waals surface area contributed by atoms with Gasteiger partial charge in [-0.2, -0.15) is 0 Å². The number of oxime groups is 1. The number of nitrogens with zero attached hydrogens (tertiary/aromatic N) is 2. The Hall–Kier alpha value is -0.570. The fourth-order valence-electron chi connectivity index (χ4n) is 1.30. The van der Waals surface area contributed by atoms with Gasteiger partial charge >= 0.3 is 0 Å². The molecule has 1 rings (SSSR count). The summed E-state index contributed by atoms with van der Waals surface area (Å²) in [7, 11) is 0. The molecule has 0 unspecified atom stereocenters. The van der Waals surface area contributed by atoms with Crippen molar-refractivity contribution in [1.29, 1.82) is 0 Å². The monoisotopic (exact) mass is 142 g/mol. The van der Waals surface area contributed by atoms with E-state index in [9.17, 15) is 0 Å². The summed E-state index contributed by atoms with van der Waals surface area (Å²) in [5, 5.41) is 11.0. The molecule has 0 bridgehead atoms. The Bertz CT molecular complexity index is 108. The summed E-state index contributed by atoms with van der Waals surface area (Å²) in [6.07, 6.45) is 5.08. The van der Waals surface area contributed by atoms with E-state index in [1.54, 1.807) is 6.21 Å². The summed E-state index contributed by atoms with van der Waals surface area (Å²) in [4.78, 5) is 2.39. The number of hydrogen-bond acceptors (Lipinski definition) is 3. The van der Waals surface area contributed by atoms with E-state index in [2.05, 4.69) is 10.1 Å². The molecule has 0 aromatic heterocycles. The summed E-state index contributed by atoms with van der Waals surface area (Å²) < 4.78 is 0. The smallest absolute Gasteiger partial charge is 0.0448 e. The van der Waals surface area contributed by atoms with Crippen molar-refractivity contribution in [3.05, 3.63) is 0 Å². The topological polar surface area (TPSA) is 35.8 Å². The van der Waals surface area contributed by atoms with Crippen LogP contribution in [0.5, 0.6) is 0 Å². The number of rotatable bonds is 3. The van der Waals surface area contributed by atoms with Gasteiger partial charge in [-0.3, -0.25) is 0 Å². The molecule has 3 heteroatoms. The SMILES string of the molecule is O/N=C/CCN1CCCC1. The van der Waals surface area contributed by atoms with Crippen LogP contribution in [0, 0.1) is 0 Å². The minimum Gasteiger partial charge on any atom is -0.411 e. The van der Waals surface area contributed by atoms with Crippen LogP contribution in [0.1, 0.15) is 19.3 Å². The Morgan fingerprint density at radius 2 is 2.10 bits per heavy atom. The van der Waals surface area contributed by atoms with E-state index in [1.165, 1.54) is 25.9 Å². The van der Waals surface area contributed by atoms with E-state index >= 15 is 0 Å². The van der Waals surface area contributed by atoms with Crippen molar-refractivity contribution < 1.29 is 5.21 Å². The average molecular weight is 142 g/mol. The molecule has 1 saturated heterocycles. The number of hydrogen-bond donors (Lipinski definition) is 1. The van der Waals surface area contributed by atoms with Gasteiger partial charge in [-0.05, 0) is 32.4 Å². The molecule has 1 aliphatic rings. The number of likely N-dealkylation sites (tertiary alicyclic amines) is 1. The van der Waals surface area contributed by atoms with E-state index in [4.69, 9.17) is 5.21 Å². The van der Waals surface area contributed by atoms with Crippen LogP contribution in [0.25, 0.3) is 0 Å². The van der Waals surface area contributed by atoms with Crippen LogP contribution in [-0.2, 0) is 0 Å². The zero-order valence-electron chi connectivity index (χ0n) is 6.16. The van der Waals surface area contributed by atoms with Crippen molar-refractivity contribution in [3.8, 4) is 0 Å². The van der Waals surface area contributed by atoms with Crippen molar-refractivity contribution in [2.24, 2.45) is 5.16 Å². The third-order valence-electron chi connectivity index (χ3n) is 1.85. The lowest BCUT2D eigenvalue weighted by atomic mass is 10.4. The molecule has 1 N–H and O–H groups in total. The van der Waals surface area contributed by atoms with Crippen LogP contribution in [0.4, 0.5) is 0 Å². The van der Waals surface area contributed by atoms with Crippen LogP contribution in [-0.4, -0.2) is 36.0 Å². The highest BCUT2D eigenvalue weighted by Crippen LogP contribution is 2.06. The molecule has 0 amide bonds. The molecule has 58 valence electrons. The predicted octanol–water partition coefficient (Wildman–Crippen LogP) is 0.932. The van der Waals surface area contributed by atoms with Gasteiger partial charge in [0, 0.05) is 12.8 Å². The molecule has 3 nitrogen and oxygen atoms in total. The van der Waals surface area contributed by atoms with Gasteiger partial charge in [0.15, 0.2) is 0 Å². The van der Waals surface area contributed by atoms with Gasteiger partial charge in [-0.1, -0.05) is 0 Å². The first-order valence-corrected chi connectivity index (χ1v) is 3.82. The normalized spacial score (nSPS) is 20.8. The van der Waals surface area contributed by atoms with Gasteiger partial charge in [0.05, 0.1) is 0 Å². The van der Waals surface area contributed by atoms with E-state index in [0.29, 0.717) is 0 Å². The molecule has 0 aromatic rings. The van der Waals surface area contributed by atoms with Crippen LogP contribution in [0.3, 0.4) is 0 Å². The van der Waals surface area contributed by atoms with Crippen LogP contribution < -0.4 is 0 Å². The van der Waals surface area contributed by atoms with Gasteiger partial charge in [-0.15, -0.1) is 5.16 Å². The first kappa shape index (κ1) is 7.54. The molecule has 1 fully saturated rings. The molecule has 1 heterocycles. The summed E-state index contributed by atoms with van der Waals surface area (Å²) >= 11 is 0. The van der Waals surface area contributed by atoms with Crippen LogP contribution >= 0.6 is 0 Å². The zero-order valence-corrected chi connectivity index (χ0v) is 6.16. The molecule has 0 saturated carbocycles. The fraction of sp³-hybridized carbons (Fsp3) is 0.857. The fourth-order valence-corrected chi connectivity index (χ4v) is 1.30. The molecule has 0 radical (unpaired) electrons. The maximum atomic E-state index is 8.09. The molecule has 0 spiro atoms. The van der Waals surface area contributed by atoms with Crippen molar-refractivity contribution >= 4 is 6.21 Å². The molecule has 10 heavy (non-hydrogen) atoms. The highest BCUT2D eigenvalue weighted by molar-refractivity contribution is 5.56. The third-order valence-corrected chi connectivity index (χ3v) is 1.85. The minimum absolute atomic E-state index is 0.872. The maximum absolute atomic E-state index is 8.09. The van der Waals surface area contributed by atoms with Gasteiger partial charge < -0.3 is 10.1 Å². The second-order valence-electron chi connectivity index (χ2n) is 2.64. The maximum Gasteiger partial charge on any atom is 0.0448 e. The Kier molecular flexibility index (Phi) is 3.22. The quantitative estimate of drug-likeness (QED) is 0.361.